The van der Waals surface area contributed by atoms with Gasteiger partial charge in [0.1, 0.15) is 0 Å². The summed E-state index contributed by atoms with van der Waals surface area (Å²) in [6.07, 6.45) is 4.05. The van der Waals surface area contributed by atoms with Crippen LogP contribution < -0.4 is 5.32 Å². The first-order valence-electron chi connectivity index (χ1n) is 11.9. The second-order valence-electron chi connectivity index (χ2n) is 8.80. The quantitative estimate of drug-likeness (QED) is 0.450. The second-order valence-corrected chi connectivity index (χ2v) is 8.80. The number of hydrogen-bond donors (Lipinski definition) is 1. The zero-order valence-electron chi connectivity index (χ0n) is 19.0. The lowest BCUT2D eigenvalue weighted by atomic mass is 9.87. The zero-order chi connectivity index (χ0) is 22.2. The zero-order valence-corrected chi connectivity index (χ0v) is 19.0. The van der Waals surface area contributed by atoms with Crippen molar-refractivity contribution >= 4 is 11.6 Å². The minimum absolute atomic E-state index is 0.0652. The Hall–Kier alpha value is -2.91. The van der Waals surface area contributed by atoms with Gasteiger partial charge < -0.3 is 10.2 Å². The smallest absolute Gasteiger partial charge is 0.224 e. The van der Waals surface area contributed by atoms with E-state index in [2.05, 4.69) is 83.0 Å². The van der Waals surface area contributed by atoms with E-state index in [1.165, 1.54) is 29.5 Å². The standard InChI is InChI=1S/C29H34N2O/c1-2-29(32)30-27-15-13-23(14-16-27)24-17-20-31(21-18-24)22-19-28(25-9-5-3-6-10-25)26-11-7-4-8-12-26/h3-16,24,28H,2,17-22H2,1H3,(H,30,32). The Morgan fingerprint density at radius 3 is 1.97 bits per heavy atom. The number of carbonyl (C=O) groups is 1. The Bertz CT molecular complexity index is 922. The molecule has 3 heteroatoms. The van der Waals surface area contributed by atoms with E-state index >= 15 is 0 Å². The van der Waals surface area contributed by atoms with Crippen molar-refractivity contribution in [2.24, 2.45) is 0 Å². The van der Waals surface area contributed by atoms with Crippen molar-refractivity contribution in [1.29, 1.82) is 0 Å². The molecule has 1 heterocycles. The molecule has 0 spiro atoms. The lowest BCUT2D eigenvalue weighted by Gasteiger charge is -2.33. The number of amides is 1. The summed E-state index contributed by atoms with van der Waals surface area (Å²) >= 11 is 0. The molecule has 0 atom stereocenters. The van der Waals surface area contributed by atoms with Gasteiger partial charge in [-0.05, 0) is 73.6 Å². The molecule has 3 aromatic carbocycles. The van der Waals surface area contributed by atoms with Crippen LogP contribution in [0.2, 0.25) is 0 Å². The monoisotopic (exact) mass is 426 g/mol. The summed E-state index contributed by atoms with van der Waals surface area (Å²) < 4.78 is 0. The molecule has 4 rings (SSSR count). The van der Waals surface area contributed by atoms with Gasteiger partial charge in [-0.2, -0.15) is 0 Å². The topological polar surface area (TPSA) is 32.3 Å². The van der Waals surface area contributed by atoms with Crippen LogP contribution in [0.1, 0.15) is 61.1 Å². The van der Waals surface area contributed by atoms with E-state index in [1.54, 1.807) is 0 Å². The van der Waals surface area contributed by atoms with E-state index in [1.807, 2.05) is 19.1 Å². The van der Waals surface area contributed by atoms with Gasteiger partial charge in [-0.3, -0.25) is 4.79 Å². The fourth-order valence-electron chi connectivity index (χ4n) is 4.79. The third-order valence-corrected chi connectivity index (χ3v) is 6.71. The molecule has 0 unspecified atom stereocenters. The van der Waals surface area contributed by atoms with E-state index in [9.17, 15) is 4.79 Å². The fourth-order valence-corrected chi connectivity index (χ4v) is 4.79. The number of hydrogen-bond acceptors (Lipinski definition) is 2. The number of benzene rings is 3. The number of nitrogens with one attached hydrogen (secondary N) is 1. The highest BCUT2D eigenvalue weighted by Crippen LogP contribution is 2.31. The van der Waals surface area contributed by atoms with Crippen LogP contribution in [0.5, 0.6) is 0 Å². The van der Waals surface area contributed by atoms with Gasteiger partial charge in [-0.15, -0.1) is 0 Å². The van der Waals surface area contributed by atoms with Crippen molar-refractivity contribution in [2.75, 3.05) is 25.0 Å². The maximum Gasteiger partial charge on any atom is 0.224 e. The molecule has 1 amide bonds. The Labute approximate surface area is 192 Å². The first-order chi connectivity index (χ1) is 15.7. The summed E-state index contributed by atoms with van der Waals surface area (Å²) in [5.41, 5.74) is 5.10. The predicted octanol–water partition coefficient (Wildman–Crippen LogP) is 6.44. The molecule has 0 saturated carbocycles. The lowest BCUT2D eigenvalue weighted by molar-refractivity contribution is -0.115. The van der Waals surface area contributed by atoms with Gasteiger partial charge in [0.05, 0.1) is 0 Å². The SMILES string of the molecule is CCC(=O)Nc1ccc(C2CCN(CCC(c3ccccc3)c3ccccc3)CC2)cc1. The Morgan fingerprint density at radius 2 is 1.44 bits per heavy atom. The third kappa shape index (κ3) is 5.86. The fraction of sp³-hybridized carbons (Fsp3) is 0.345. The molecule has 0 aromatic heterocycles. The number of likely N-dealkylation sites (tertiary alicyclic amines) is 1. The van der Waals surface area contributed by atoms with Crippen LogP contribution >= 0.6 is 0 Å². The average Bonchev–Trinajstić information content (AvgIpc) is 2.86. The molecule has 3 nitrogen and oxygen atoms in total. The third-order valence-electron chi connectivity index (χ3n) is 6.71. The molecular weight excluding hydrogens is 392 g/mol. The minimum Gasteiger partial charge on any atom is -0.326 e. The van der Waals surface area contributed by atoms with E-state index in [-0.39, 0.29) is 5.91 Å². The molecule has 1 fully saturated rings. The second kappa shape index (κ2) is 11.1. The van der Waals surface area contributed by atoms with Crippen molar-refractivity contribution in [1.82, 2.24) is 4.90 Å². The van der Waals surface area contributed by atoms with Gasteiger partial charge in [0.15, 0.2) is 0 Å². The maximum absolute atomic E-state index is 11.6. The van der Waals surface area contributed by atoms with Gasteiger partial charge >= 0.3 is 0 Å². The normalized spacial score (nSPS) is 15.1. The average molecular weight is 427 g/mol. The highest BCUT2D eigenvalue weighted by atomic mass is 16.1. The summed E-state index contributed by atoms with van der Waals surface area (Å²) in [6, 6.07) is 30.3. The van der Waals surface area contributed by atoms with Crippen LogP contribution in [0.25, 0.3) is 0 Å². The van der Waals surface area contributed by atoms with Gasteiger partial charge in [-0.25, -0.2) is 0 Å². The molecule has 166 valence electrons. The van der Waals surface area contributed by atoms with Gasteiger partial charge in [0.2, 0.25) is 5.91 Å². The number of carbonyl (C=O) groups excluding carboxylic acids is 1. The number of rotatable bonds is 8. The minimum atomic E-state index is 0.0652. The molecular formula is C29H34N2O. The molecule has 1 aliphatic heterocycles. The van der Waals surface area contributed by atoms with Crippen LogP contribution in [0.4, 0.5) is 5.69 Å². The number of anilines is 1. The molecule has 0 bridgehead atoms. The largest absolute Gasteiger partial charge is 0.326 e. The van der Waals surface area contributed by atoms with Crippen molar-refractivity contribution in [3.63, 3.8) is 0 Å². The summed E-state index contributed by atoms with van der Waals surface area (Å²) in [7, 11) is 0. The van der Waals surface area contributed by atoms with Crippen LogP contribution in [0.15, 0.2) is 84.9 Å². The summed E-state index contributed by atoms with van der Waals surface area (Å²) in [5, 5.41) is 2.94. The molecule has 32 heavy (non-hydrogen) atoms. The Balaban J connectivity index is 1.32. The highest BCUT2D eigenvalue weighted by molar-refractivity contribution is 5.90. The molecule has 0 aliphatic carbocycles. The van der Waals surface area contributed by atoms with Crippen molar-refractivity contribution in [2.45, 2.75) is 44.4 Å². The molecule has 1 N–H and O–H groups in total. The van der Waals surface area contributed by atoms with Crippen LogP contribution in [-0.2, 0) is 4.79 Å². The molecule has 3 aromatic rings. The number of piperidine rings is 1. The first kappa shape index (κ1) is 22.3. The Kier molecular flexibility index (Phi) is 7.73. The summed E-state index contributed by atoms with van der Waals surface area (Å²) in [4.78, 5) is 14.2. The Morgan fingerprint density at radius 1 is 0.875 bits per heavy atom. The lowest BCUT2D eigenvalue weighted by Crippen LogP contribution is -2.34. The highest BCUT2D eigenvalue weighted by Gasteiger charge is 2.22. The molecule has 1 saturated heterocycles. The van der Waals surface area contributed by atoms with Crippen LogP contribution in [0.3, 0.4) is 0 Å². The van der Waals surface area contributed by atoms with E-state index in [0.29, 0.717) is 18.3 Å². The van der Waals surface area contributed by atoms with Crippen molar-refractivity contribution in [3.8, 4) is 0 Å². The summed E-state index contributed by atoms with van der Waals surface area (Å²) in [6.45, 7) is 5.30. The van der Waals surface area contributed by atoms with Gasteiger partial charge in [-0.1, -0.05) is 79.7 Å². The van der Waals surface area contributed by atoms with Crippen molar-refractivity contribution < 1.29 is 4.79 Å². The van der Waals surface area contributed by atoms with E-state index < -0.39 is 0 Å². The predicted molar refractivity (Wildman–Crippen MR) is 133 cm³/mol. The van der Waals surface area contributed by atoms with E-state index in [0.717, 1.165) is 31.7 Å². The maximum atomic E-state index is 11.6. The van der Waals surface area contributed by atoms with Gasteiger partial charge in [0, 0.05) is 18.0 Å². The molecule has 0 radical (unpaired) electrons. The van der Waals surface area contributed by atoms with E-state index in [4.69, 9.17) is 0 Å². The summed E-state index contributed by atoms with van der Waals surface area (Å²) in [5.74, 6) is 1.12. The van der Waals surface area contributed by atoms with Crippen LogP contribution in [-0.4, -0.2) is 30.4 Å². The van der Waals surface area contributed by atoms with Crippen molar-refractivity contribution in [3.05, 3.63) is 102 Å². The van der Waals surface area contributed by atoms with Crippen LogP contribution in [0, 0.1) is 0 Å². The first-order valence-corrected chi connectivity index (χ1v) is 11.9. The van der Waals surface area contributed by atoms with Gasteiger partial charge in [0.25, 0.3) is 0 Å². The molecule has 1 aliphatic rings. The number of nitrogens with zero attached hydrogens (tertiary/aromatic N) is 1.